The molecule has 0 saturated heterocycles. The number of benzene rings is 1. The molecule has 5 heteroatoms. The first-order valence-electron chi connectivity index (χ1n) is 6.60. The normalized spacial score (nSPS) is 11.8. The van der Waals surface area contributed by atoms with Gasteiger partial charge in [0.2, 0.25) is 10.0 Å². The van der Waals surface area contributed by atoms with Crippen LogP contribution in [0.2, 0.25) is 0 Å². The van der Waals surface area contributed by atoms with Crippen LogP contribution in [0.5, 0.6) is 0 Å². The quantitative estimate of drug-likeness (QED) is 0.920. The molecule has 0 amide bonds. The summed E-state index contributed by atoms with van der Waals surface area (Å²) in [5.74, 6) is 0. The molecule has 2 aromatic rings. The first kappa shape index (κ1) is 14.8. The lowest BCUT2D eigenvalue weighted by Gasteiger charge is -2.12. The van der Waals surface area contributed by atoms with Gasteiger partial charge < -0.3 is 4.57 Å². The van der Waals surface area contributed by atoms with Gasteiger partial charge in [0, 0.05) is 24.5 Å². The largest absolute Gasteiger partial charge is 0.348 e. The van der Waals surface area contributed by atoms with E-state index < -0.39 is 10.0 Å². The molecule has 0 atom stereocenters. The molecule has 1 aromatic carbocycles. The molecule has 0 aliphatic heterocycles. The van der Waals surface area contributed by atoms with Crippen LogP contribution in [-0.2, 0) is 16.6 Å². The third kappa shape index (κ3) is 3.11. The average molecular weight is 292 g/mol. The van der Waals surface area contributed by atoms with E-state index in [2.05, 4.69) is 9.29 Å². The van der Waals surface area contributed by atoms with E-state index in [9.17, 15) is 8.42 Å². The van der Waals surface area contributed by atoms with Crippen LogP contribution in [0.1, 0.15) is 17.0 Å². The summed E-state index contributed by atoms with van der Waals surface area (Å²) in [4.78, 5) is 0.348. The van der Waals surface area contributed by atoms with Gasteiger partial charge in [0.05, 0.1) is 4.90 Å². The summed E-state index contributed by atoms with van der Waals surface area (Å²) in [5, 5.41) is 0. The lowest BCUT2D eigenvalue weighted by atomic mass is 10.2. The maximum Gasteiger partial charge on any atom is 0.240 e. The minimum absolute atomic E-state index is 0.348. The Kier molecular flexibility index (Phi) is 4.30. The van der Waals surface area contributed by atoms with E-state index in [0.717, 1.165) is 17.0 Å². The molecule has 0 bridgehead atoms. The van der Waals surface area contributed by atoms with Crippen molar-refractivity contribution in [1.29, 1.82) is 0 Å². The summed E-state index contributed by atoms with van der Waals surface area (Å²) in [6.45, 7) is 6.85. The SMILES string of the molecule is Cc1ccccc1S(=O)(=O)NCCn1c(C)ccc1C. The van der Waals surface area contributed by atoms with Gasteiger partial charge in [-0.3, -0.25) is 0 Å². The number of hydrogen-bond donors (Lipinski definition) is 1. The Labute approximate surface area is 120 Å². The molecule has 1 aromatic heterocycles. The molecule has 108 valence electrons. The third-order valence-electron chi connectivity index (χ3n) is 3.43. The molecule has 1 N–H and O–H groups in total. The van der Waals surface area contributed by atoms with Crippen molar-refractivity contribution in [2.24, 2.45) is 0 Å². The number of rotatable bonds is 5. The lowest BCUT2D eigenvalue weighted by molar-refractivity contribution is 0.569. The van der Waals surface area contributed by atoms with Crippen LogP contribution in [0, 0.1) is 20.8 Å². The Bertz CT molecular complexity index is 683. The van der Waals surface area contributed by atoms with Gasteiger partial charge in [0.1, 0.15) is 0 Å². The molecule has 4 nitrogen and oxygen atoms in total. The summed E-state index contributed by atoms with van der Waals surface area (Å²) in [6.07, 6.45) is 0. The Morgan fingerprint density at radius 1 is 1.00 bits per heavy atom. The van der Waals surface area contributed by atoms with Crippen molar-refractivity contribution in [3.05, 3.63) is 53.3 Å². The number of aryl methyl sites for hydroxylation is 3. The van der Waals surface area contributed by atoms with Crippen LogP contribution >= 0.6 is 0 Å². The second-order valence-electron chi connectivity index (χ2n) is 4.93. The molecular formula is C15H20N2O2S. The molecule has 0 unspecified atom stereocenters. The highest BCUT2D eigenvalue weighted by Crippen LogP contribution is 2.13. The average Bonchev–Trinajstić information content (AvgIpc) is 2.70. The Hall–Kier alpha value is -1.59. The maximum absolute atomic E-state index is 12.2. The van der Waals surface area contributed by atoms with Gasteiger partial charge in [0.25, 0.3) is 0 Å². The van der Waals surface area contributed by atoms with Gasteiger partial charge >= 0.3 is 0 Å². The highest BCUT2D eigenvalue weighted by molar-refractivity contribution is 7.89. The Morgan fingerprint density at radius 2 is 1.60 bits per heavy atom. The fraction of sp³-hybridized carbons (Fsp3) is 0.333. The standard InChI is InChI=1S/C15H20N2O2S/c1-12-6-4-5-7-15(12)20(18,19)16-10-11-17-13(2)8-9-14(17)3/h4-9,16H,10-11H2,1-3H3. The van der Waals surface area contributed by atoms with Crippen LogP contribution < -0.4 is 4.72 Å². The molecule has 0 aliphatic rings. The van der Waals surface area contributed by atoms with Crippen LogP contribution in [0.25, 0.3) is 0 Å². The molecule has 0 spiro atoms. The van der Waals surface area contributed by atoms with E-state index in [-0.39, 0.29) is 0 Å². The Morgan fingerprint density at radius 3 is 2.20 bits per heavy atom. The number of aromatic nitrogens is 1. The summed E-state index contributed by atoms with van der Waals surface area (Å²) < 4.78 is 29.2. The van der Waals surface area contributed by atoms with Crippen molar-refractivity contribution < 1.29 is 8.42 Å². The minimum Gasteiger partial charge on any atom is -0.348 e. The lowest BCUT2D eigenvalue weighted by Crippen LogP contribution is -2.28. The fourth-order valence-electron chi connectivity index (χ4n) is 2.28. The van der Waals surface area contributed by atoms with Gasteiger partial charge in [-0.25, -0.2) is 13.1 Å². The van der Waals surface area contributed by atoms with Gasteiger partial charge in [-0.2, -0.15) is 0 Å². The summed E-state index contributed by atoms with van der Waals surface area (Å²) in [7, 11) is -3.43. The number of nitrogens with one attached hydrogen (secondary N) is 1. The number of nitrogens with zero attached hydrogens (tertiary/aromatic N) is 1. The molecular weight excluding hydrogens is 272 g/mol. The second kappa shape index (κ2) is 5.81. The van der Waals surface area contributed by atoms with E-state index in [1.54, 1.807) is 25.1 Å². The van der Waals surface area contributed by atoms with Crippen LogP contribution in [0.4, 0.5) is 0 Å². The van der Waals surface area contributed by atoms with Crippen molar-refractivity contribution >= 4 is 10.0 Å². The van der Waals surface area contributed by atoms with E-state index in [1.165, 1.54) is 0 Å². The first-order chi connectivity index (χ1) is 9.42. The molecule has 1 heterocycles. The zero-order valence-corrected chi connectivity index (χ0v) is 12.9. The van der Waals surface area contributed by atoms with Crippen LogP contribution in [0.15, 0.2) is 41.3 Å². The highest BCUT2D eigenvalue weighted by atomic mass is 32.2. The van der Waals surface area contributed by atoms with Crippen LogP contribution in [-0.4, -0.2) is 19.5 Å². The monoisotopic (exact) mass is 292 g/mol. The van der Waals surface area contributed by atoms with Crippen molar-refractivity contribution in [1.82, 2.24) is 9.29 Å². The molecule has 0 radical (unpaired) electrons. The van der Waals surface area contributed by atoms with E-state index >= 15 is 0 Å². The predicted molar refractivity (Wildman–Crippen MR) is 80.3 cm³/mol. The fourth-order valence-corrected chi connectivity index (χ4v) is 3.54. The number of sulfonamides is 1. The van der Waals surface area contributed by atoms with Crippen molar-refractivity contribution in [3.8, 4) is 0 Å². The van der Waals surface area contributed by atoms with E-state index in [0.29, 0.717) is 18.0 Å². The molecule has 0 aliphatic carbocycles. The van der Waals surface area contributed by atoms with Crippen LogP contribution in [0.3, 0.4) is 0 Å². The smallest absolute Gasteiger partial charge is 0.240 e. The highest BCUT2D eigenvalue weighted by Gasteiger charge is 2.15. The van der Waals surface area contributed by atoms with Crippen molar-refractivity contribution in [2.45, 2.75) is 32.2 Å². The van der Waals surface area contributed by atoms with Gasteiger partial charge in [0.15, 0.2) is 0 Å². The maximum atomic E-state index is 12.2. The first-order valence-corrected chi connectivity index (χ1v) is 8.08. The summed E-state index contributed by atoms with van der Waals surface area (Å²) in [5.41, 5.74) is 3.03. The second-order valence-corrected chi connectivity index (χ2v) is 6.67. The number of hydrogen-bond acceptors (Lipinski definition) is 2. The molecule has 20 heavy (non-hydrogen) atoms. The minimum atomic E-state index is -3.43. The summed E-state index contributed by atoms with van der Waals surface area (Å²) in [6, 6.07) is 11.1. The zero-order chi connectivity index (χ0) is 14.8. The zero-order valence-electron chi connectivity index (χ0n) is 12.1. The molecule has 0 fully saturated rings. The van der Waals surface area contributed by atoms with Gasteiger partial charge in [-0.1, -0.05) is 18.2 Å². The van der Waals surface area contributed by atoms with E-state index in [4.69, 9.17) is 0 Å². The third-order valence-corrected chi connectivity index (χ3v) is 5.05. The summed E-state index contributed by atoms with van der Waals surface area (Å²) >= 11 is 0. The van der Waals surface area contributed by atoms with Gasteiger partial charge in [-0.15, -0.1) is 0 Å². The predicted octanol–water partition coefficient (Wildman–Crippen LogP) is 2.39. The molecule has 0 saturated carbocycles. The topological polar surface area (TPSA) is 51.1 Å². The Balaban J connectivity index is 2.06. The van der Waals surface area contributed by atoms with Crippen molar-refractivity contribution in [2.75, 3.05) is 6.54 Å². The molecule has 2 rings (SSSR count). The van der Waals surface area contributed by atoms with Gasteiger partial charge in [-0.05, 0) is 44.5 Å². The van der Waals surface area contributed by atoms with Crippen molar-refractivity contribution in [3.63, 3.8) is 0 Å². The van der Waals surface area contributed by atoms with E-state index in [1.807, 2.05) is 32.0 Å².